The number of benzene rings is 2. The minimum Gasteiger partial charge on any atom is -0.447 e. The van der Waals surface area contributed by atoms with Crippen LogP contribution < -0.4 is 21.9 Å². The van der Waals surface area contributed by atoms with Crippen molar-refractivity contribution in [3.05, 3.63) is 69.4 Å². The highest BCUT2D eigenvalue weighted by Crippen LogP contribution is 2.16. The van der Waals surface area contributed by atoms with Gasteiger partial charge in [0.2, 0.25) is 5.91 Å². The van der Waals surface area contributed by atoms with Crippen LogP contribution in [0.4, 0.5) is 16.2 Å². The van der Waals surface area contributed by atoms with Gasteiger partial charge in [-0.3, -0.25) is 24.5 Å². The first-order valence-electron chi connectivity index (χ1n) is 9.52. The van der Waals surface area contributed by atoms with E-state index >= 15 is 0 Å². The van der Waals surface area contributed by atoms with Crippen LogP contribution in [0.3, 0.4) is 0 Å². The van der Waals surface area contributed by atoms with Gasteiger partial charge in [-0.15, -0.1) is 0 Å². The molecular formula is C21H22N4O6. The van der Waals surface area contributed by atoms with Crippen molar-refractivity contribution in [3.8, 4) is 0 Å². The zero-order valence-corrected chi connectivity index (χ0v) is 16.8. The van der Waals surface area contributed by atoms with Crippen LogP contribution in [0.15, 0.2) is 58.1 Å². The fraction of sp³-hybridized carbons (Fsp3) is 0.238. The molecule has 3 rings (SSSR count). The Morgan fingerprint density at radius 3 is 2.52 bits per heavy atom. The van der Waals surface area contributed by atoms with E-state index in [9.17, 15) is 19.2 Å². The molecule has 162 valence electrons. The number of carbonyl (C=O) groups is 2. The minimum atomic E-state index is -0.634. The number of ether oxygens (including phenoxy) is 2. The second-order valence-electron chi connectivity index (χ2n) is 6.56. The van der Waals surface area contributed by atoms with E-state index in [4.69, 9.17) is 9.47 Å². The van der Waals surface area contributed by atoms with E-state index in [0.717, 1.165) is 0 Å². The third-order valence-electron chi connectivity index (χ3n) is 4.38. The van der Waals surface area contributed by atoms with E-state index in [1.54, 1.807) is 48.5 Å². The van der Waals surface area contributed by atoms with Gasteiger partial charge < -0.3 is 14.8 Å². The first-order chi connectivity index (χ1) is 15.0. The number of aryl methyl sites for hydroxylation is 1. The van der Waals surface area contributed by atoms with E-state index < -0.39 is 17.3 Å². The standard InChI is InChI=1S/C21H22N4O6/c1-30-11-12-31-21(29)23-15-6-4-5-14(13-15)22-18(26)9-10-25-17-8-3-2-7-16(17)19(27)24-20(25)28/h2-8,13H,9-12H2,1H3,(H,22,26)(H,23,29)(H,24,27,28). The Hall–Kier alpha value is -3.92. The SMILES string of the molecule is COCCOC(=O)Nc1cccc(NC(=O)CCn2c(=O)[nH]c(=O)c3ccccc32)c1. The number of rotatable bonds is 8. The van der Waals surface area contributed by atoms with Gasteiger partial charge in [0.25, 0.3) is 5.56 Å². The van der Waals surface area contributed by atoms with Crippen molar-refractivity contribution < 1.29 is 19.1 Å². The van der Waals surface area contributed by atoms with Crippen molar-refractivity contribution in [1.82, 2.24) is 9.55 Å². The van der Waals surface area contributed by atoms with Crippen LogP contribution in [0.5, 0.6) is 0 Å². The minimum absolute atomic E-state index is 0.00661. The number of H-pyrrole nitrogens is 1. The number of amides is 2. The summed E-state index contributed by atoms with van der Waals surface area (Å²) in [5.74, 6) is -0.331. The molecular weight excluding hydrogens is 404 g/mol. The number of para-hydroxylation sites is 1. The molecule has 0 aliphatic rings. The van der Waals surface area contributed by atoms with Gasteiger partial charge in [-0.25, -0.2) is 9.59 Å². The van der Waals surface area contributed by atoms with Crippen molar-refractivity contribution in [2.45, 2.75) is 13.0 Å². The van der Waals surface area contributed by atoms with Crippen LogP contribution in [0.1, 0.15) is 6.42 Å². The first-order valence-corrected chi connectivity index (χ1v) is 9.52. The number of fused-ring (bicyclic) bond motifs is 1. The Labute approximate surface area is 176 Å². The highest BCUT2D eigenvalue weighted by atomic mass is 16.6. The molecule has 0 bridgehead atoms. The number of methoxy groups -OCH3 is 1. The molecule has 10 nitrogen and oxygen atoms in total. The van der Waals surface area contributed by atoms with Crippen molar-refractivity contribution in [2.75, 3.05) is 31.0 Å². The maximum Gasteiger partial charge on any atom is 0.411 e. The molecule has 10 heteroatoms. The number of nitrogens with zero attached hydrogens (tertiary/aromatic N) is 1. The molecule has 3 aromatic rings. The molecule has 0 unspecified atom stereocenters. The number of aromatic amines is 1. The van der Waals surface area contributed by atoms with E-state index in [2.05, 4.69) is 15.6 Å². The molecule has 0 spiro atoms. The summed E-state index contributed by atoms with van der Waals surface area (Å²) in [6.07, 6.45) is -0.628. The summed E-state index contributed by atoms with van der Waals surface area (Å²) in [7, 11) is 1.50. The number of hydrogen-bond acceptors (Lipinski definition) is 6. The number of carbonyl (C=O) groups excluding carboxylic acids is 2. The van der Waals surface area contributed by atoms with Crippen LogP contribution in [-0.2, 0) is 20.8 Å². The molecule has 0 aliphatic heterocycles. The second kappa shape index (κ2) is 10.2. The monoisotopic (exact) mass is 426 g/mol. The Bertz CT molecular complexity index is 1200. The Kier molecular flexibility index (Phi) is 7.17. The lowest BCUT2D eigenvalue weighted by Crippen LogP contribution is -2.31. The van der Waals surface area contributed by atoms with Gasteiger partial charge in [0.05, 0.1) is 17.5 Å². The number of nitrogens with one attached hydrogen (secondary N) is 3. The topological polar surface area (TPSA) is 132 Å². The maximum atomic E-state index is 12.4. The number of hydrogen-bond donors (Lipinski definition) is 3. The molecule has 0 aliphatic carbocycles. The highest BCUT2D eigenvalue weighted by molar-refractivity contribution is 5.92. The quantitative estimate of drug-likeness (QED) is 0.472. The fourth-order valence-corrected chi connectivity index (χ4v) is 2.95. The largest absolute Gasteiger partial charge is 0.447 e. The summed E-state index contributed by atoms with van der Waals surface area (Å²) in [6.45, 7) is 0.500. The molecule has 0 fully saturated rings. The number of aromatic nitrogens is 2. The summed E-state index contributed by atoms with van der Waals surface area (Å²) in [4.78, 5) is 50.5. The number of anilines is 2. The summed E-state index contributed by atoms with van der Waals surface area (Å²) < 4.78 is 11.1. The smallest absolute Gasteiger partial charge is 0.411 e. The molecule has 0 saturated carbocycles. The zero-order valence-electron chi connectivity index (χ0n) is 16.8. The second-order valence-corrected chi connectivity index (χ2v) is 6.56. The van der Waals surface area contributed by atoms with Crippen molar-refractivity contribution in [3.63, 3.8) is 0 Å². The molecule has 3 N–H and O–H groups in total. The average molecular weight is 426 g/mol. The molecule has 0 saturated heterocycles. The lowest BCUT2D eigenvalue weighted by molar-refractivity contribution is -0.116. The molecule has 1 aromatic heterocycles. The van der Waals surface area contributed by atoms with Gasteiger partial charge in [0.1, 0.15) is 6.61 Å². The van der Waals surface area contributed by atoms with Gasteiger partial charge in [0, 0.05) is 31.5 Å². The van der Waals surface area contributed by atoms with Crippen LogP contribution >= 0.6 is 0 Å². The van der Waals surface area contributed by atoms with E-state index in [0.29, 0.717) is 22.3 Å². The van der Waals surface area contributed by atoms with Crippen LogP contribution in [0, 0.1) is 0 Å². The predicted octanol–water partition coefficient (Wildman–Crippen LogP) is 1.91. The lowest BCUT2D eigenvalue weighted by Gasteiger charge is -2.11. The molecule has 1 heterocycles. The lowest BCUT2D eigenvalue weighted by atomic mass is 10.2. The Balaban J connectivity index is 1.62. The van der Waals surface area contributed by atoms with Crippen LogP contribution in [0.25, 0.3) is 10.9 Å². The maximum absolute atomic E-state index is 12.4. The van der Waals surface area contributed by atoms with Crippen LogP contribution in [-0.4, -0.2) is 41.9 Å². The van der Waals surface area contributed by atoms with E-state index in [1.807, 2.05) is 0 Å². The normalized spacial score (nSPS) is 10.6. The summed E-state index contributed by atoms with van der Waals surface area (Å²) in [6, 6.07) is 13.3. The van der Waals surface area contributed by atoms with E-state index in [1.165, 1.54) is 11.7 Å². The molecule has 2 amide bonds. The molecule has 0 radical (unpaired) electrons. The zero-order chi connectivity index (χ0) is 22.2. The first kappa shape index (κ1) is 21.8. The molecule has 2 aromatic carbocycles. The molecule has 0 atom stereocenters. The van der Waals surface area contributed by atoms with Gasteiger partial charge in [-0.1, -0.05) is 18.2 Å². The summed E-state index contributed by atoms with van der Waals surface area (Å²) in [5, 5.41) is 5.65. The van der Waals surface area contributed by atoms with Crippen LogP contribution in [0.2, 0.25) is 0 Å². The Morgan fingerprint density at radius 2 is 1.74 bits per heavy atom. The predicted molar refractivity (Wildman–Crippen MR) is 115 cm³/mol. The molecule has 31 heavy (non-hydrogen) atoms. The van der Waals surface area contributed by atoms with Crippen molar-refractivity contribution >= 4 is 34.3 Å². The summed E-state index contributed by atoms with van der Waals surface area (Å²) in [5.41, 5.74) is 0.338. The third-order valence-corrected chi connectivity index (χ3v) is 4.38. The Morgan fingerprint density at radius 1 is 1.00 bits per heavy atom. The third kappa shape index (κ3) is 5.80. The average Bonchev–Trinajstić information content (AvgIpc) is 2.74. The fourth-order valence-electron chi connectivity index (χ4n) is 2.95. The van der Waals surface area contributed by atoms with Gasteiger partial charge >= 0.3 is 11.8 Å². The highest BCUT2D eigenvalue weighted by Gasteiger charge is 2.10. The van der Waals surface area contributed by atoms with Crippen molar-refractivity contribution in [2.24, 2.45) is 0 Å². The summed E-state index contributed by atoms with van der Waals surface area (Å²) >= 11 is 0. The van der Waals surface area contributed by atoms with Crippen molar-refractivity contribution in [1.29, 1.82) is 0 Å². The van der Waals surface area contributed by atoms with Gasteiger partial charge in [0.15, 0.2) is 0 Å². The van der Waals surface area contributed by atoms with Gasteiger partial charge in [-0.2, -0.15) is 0 Å². The van der Waals surface area contributed by atoms with Gasteiger partial charge in [-0.05, 0) is 30.3 Å². The van der Waals surface area contributed by atoms with E-state index in [-0.39, 0.29) is 32.1 Å².